The summed E-state index contributed by atoms with van der Waals surface area (Å²) in [5.41, 5.74) is 3.02. The van der Waals surface area contributed by atoms with E-state index in [4.69, 9.17) is 9.47 Å². The number of allylic oxidation sites excluding steroid dienone is 1. The van der Waals surface area contributed by atoms with Crippen LogP contribution in [0, 0.1) is 46.3 Å². The maximum atomic E-state index is 13.0. The van der Waals surface area contributed by atoms with Crippen molar-refractivity contribution < 1.29 is 14.3 Å². The van der Waals surface area contributed by atoms with E-state index in [1.165, 1.54) is 51.4 Å². The lowest BCUT2D eigenvalue weighted by molar-refractivity contribution is -0.0594. The van der Waals surface area contributed by atoms with Gasteiger partial charge in [-0.1, -0.05) is 72.5 Å². The largest absolute Gasteiger partial charge is 0.494 e. The van der Waals surface area contributed by atoms with Gasteiger partial charge in [-0.15, -0.1) is 0 Å². The van der Waals surface area contributed by atoms with Crippen molar-refractivity contribution >= 4 is 5.97 Å². The Labute approximate surface area is 244 Å². The molecule has 222 valence electrons. The highest BCUT2D eigenvalue weighted by Gasteiger charge is 2.59. The van der Waals surface area contributed by atoms with Crippen molar-refractivity contribution in [1.29, 1.82) is 0 Å². The number of esters is 1. The van der Waals surface area contributed by atoms with Crippen LogP contribution in [0.4, 0.5) is 0 Å². The molecule has 3 saturated carbocycles. The van der Waals surface area contributed by atoms with Crippen LogP contribution in [0.3, 0.4) is 0 Å². The zero-order valence-corrected chi connectivity index (χ0v) is 26.3. The molecule has 1 aromatic rings. The van der Waals surface area contributed by atoms with Gasteiger partial charge in [0.2, 0.25) is 0 Å². The SMILES string of the molecule is CCCOc1ccc(C(=O)O[C@H]2CC[C@@]3(C)C(=CC[C@@H]4[C@H]5CC[C@@H]([C@H](C)CCCC(C)C)[C@]5(C)CC[C@H]43)C2)cc1. The second-order valence-corrected chi connectivity index (χ2v) is 14.9. The molecule has 0 aromatic heterocycles. The summed E-state index contributed by atoms with van der Waals surface area (Å²) in [4.78, 5) is 13.0. The van der Waals surface area contributed by atoms with Crippen LogP contribution in [0.1, 0.15) is 129 Å². The van der Waals surface area contributed by atoms with Gasteiger partial charge in [0.25, 0.3) is 0 Å². The van der Waals surface area contributed by atoms with E-state index in [-0.39, 0.29) is 17.5 Å². The molecule has 4 aliphatic rings. The summed E-state index contributed by atoms with van der Waals surface area (Å²) in [5, 5.41) is 0. The summed E-state index contributed by atoms with van der Waals surface area (Å²) >= 11 is 0. The monoisotopic (exact) mass is 548 g/mol. The number of fused-ring (bicyclic) bond motifs is 5. The minimum Gasteiger partial charge on any atom is -0.494 e. The number of hydrogen-bond acceptors (Lipinski definition) is 3. The summed E-state index contributed by atoms with van der Waals surface area (Å²) in [5.74, 6) is 5.74. The second kappa shape index (κ2) is 12.2. The number of ether oxygens (including phenoxy) is 2. The Morgan fingerprint density at radius 2 is 1.75 bits per heavy atom. The van der Waals surface area contributed by atoms with E-state index < -0.39 is 0 Å². The highest BCUT2D eigenvalue weighted by molar-refractivity contribution is 5.89. The molecule has 3 fully saturated rings. The van der Waals surface area contributed by atoms with Gasteiger partial charge in [0.1, 0.15) is 11.9 Å². The fourth-order valence-corrected chi connectivity index (χ4v) is 9.88. The molecule has 0 unspecified atom stereocenters. The molecule has 0 aliphatic heterocycles. The first-order chi connectivity index (χ1) is 19.2. The number of hydrogen-bond donors (Lipinski definition) is 0. The molecule has 0 saturated heterocycles. The number of carbonyl (C=O) groups is 1. The zero-order chi connectivity index (χ0) is 28.5. The molecule has 0 spiro atoms. The lowest BCUT2D eigenvalue weighted by Gasteiger charge is -2.58. The van der Waals surface area contributed by atoms with Gasteiger partial charge in [-0.3, -0.25) is 0 Å². The molecule has 1 aromatic carbocycles. The first-order valence-corrected chi connectivity index (χ1v) is 16.8. The quantitative estimate of drug-likeness (QED) is 0.215. The van der Waals surface area contributed by atoms with Crippen LogP contribution < -0.4 is 4.74 Å². The van der Waals surface area contributed by atoms with Gasteiger partial charge >= 0.3 is 5.97 Å². The third-order valence-corrected chi connectivity index (χ3v) is 12.1. The molecule has 3 nitrogen and oxygen atoms in total. The summed E-state index contributed by atoms with van der Waals surface area (Å²) in [6, 6.07) is 7.43. The summed E-state index contributed by atoms with van der Waals surface area (Å²) in [7, 11) is 0. The van der Waals surface area contributed by atoms with Crippen molar-refractivity contribution in [3.63, 3.8) is 0 Å². The minimum atomic E-state index is -0.196. The topological polar surface area (TPSA) is 35.5 Å². The number of carbonyl (C=O) groups excluding carboxylic acids is 1. The Hall–Kier alpha value is -1.77. The van der Waals surface area contributed by atoms with Gasteiger partial charge in [-0.05, 0) is 122 Å². The van der Waals surface area contributed by atoms with Gasteiger partial charge < -0.3 is 9.47 Å². The van der Waals surface area contributed by atoms with Crippen molar-refractivity contribution in [2.45, 2.75) is 125 Å². The minimum absolute atomic E-state index is 0.00389. The van der Waals surface area contributed by atoms with E-state index in [0.29, 0.717) is 17.6 Å². The van der Waals surface area contributed by atoms with Crippen molar-refractivity contribution in [3.8, 4) is 5.75 Å². The Balaban J connectivity index is 1.21. The van der Waals surface area contributed by atoms with Gasteiger partial charge in [0, 0.05) is 6.42 Å². The standard InChI is InChI=1S/C37H56O3/c1-7-23-39-29-14-11-27(12-15-29)35(38)40-30-19-21-36(5)28(24-30)13-16-31-33-18-17-32(26(4)10-8-9-25(2)3)37(33,6)22-20-34(31)36/h11-15,25-26,30-34H,7-10,16-24H2,1-6H3/t26-,30+,31-,32+,33-,34-,36+,37+/m1/s1. The predicted octanol–water partition coefficient (Wildman–Crippen LogP) is 10.0. The van der Waals surface area contributed by atoms with Crippen LogP contribution in [-0.4, -0.2) is 18.7 Å². The van der Waals surface area contributed by atoms with Gasteiger partial charge in [-0.25, -0.2) is 4.79 Å². The third kappa shape index (κ3) is 5.78. The molecule has 8 atom stereocenters. The van der Waals surface area contributed by atoms with E-state index in [0.717, 1.165) is 66.9 Å². The first kappa shape index (κ1) is 29.7. The molecular weight excluding hydrogens is 492 g/mol. The third-order valence-electron chi connectivity index (χ3n) is 12.1. The van der Waals surface area contributed by atoms with E-state index >= 15 is 0 Å². The normalized spacial score (nSPS) is 35.8. The van der Waals surface area contributed by atoms with Crippen molar-refractivity contribution in [2.24, 2.45) is 46.3 Å². The van der Waals surface area contributed by atoms with E-state index in [1.807, 2.05) is 24.3 Å². The molecule has 40 heavy (non-hydrogen) atoms. The fourth-order valence-electron chi connectivity index (χ4n) is 9.88. The van der Waals surface area contributed by atoms with E-state index in [9.17, 15) is 4.79 Å². The average Bonchev–Trinajstić information content (AvgIpc) is 3.29. The van der Waals surface area contributed by atoms with Crippen LogP contribution >= 0.6 is 0 Å². The number of rotatable bonds is 10. The van der Waals surface area contributed by atoms with Crippen LogP contribution in [-0.2, 0) is 4.74 Å². The lowest BCUT2D eigenvalue weighted by atomic mass is 9.47. The Bertz CT molecular complexity index is 1040. The molecule has 5 rings (SSSR count). The molecule has 0 radical (unpaired) electrons. The van der Waals surface area contributed by atoms with Crippen molar-refractivity contribution in [3.05, 3.63) is 41.5 Å². The van der Waals surface area contributed by atoms with Crippen LogP contribution in [0.2, 0.25) is 0 Å². The van der Waals surface area contributed by atoms with E-state index in [2.05, 4.69) is 47.6 Å². The van der Waals surface area contributed by atoms with Gasteiger partial charge in [-0.2, -0.15) is 0 Å². The van der Waals surface area contributed by atoms with Crippen LogP contribution in [0.15, 0.2) is 35.9 Å². The zero-order valence-electron chi connectivity index (χ0n) is 26.3. The van der Waals surface area contributed by atoms with Crippen LogP contribution in [0.5, 0.6) is 5.75 Å². The van der Waals surface area contributed by atoms with Crippen molar-refractivity contribution in [2.75, 3.05) is 6.61 Å². The van der Waals surface area contributed by atoms with Gasteiger partial charge in [0.05, 0.1) is 12.2 Å². The van der Waals surface area contributed by atoms with Gasteiger partial charge in [0.15, 0.2) is 0 Å². The Morgan fingerprint density at radius 1 is 0.975 bits per heavy atom. The lowest BCUT2D eigenvalue weighted by Crippen LogP contribution is -2.51. The molecule has 0 heterocycles. The second-order valence-electron chi connectivity index (χ2n) is 14.9. The smallest absolute Gasteiger partial charge is 0.338 e. The fraction of sp³-hybridized carbons (Fsp3) is 0.757. The van der Waals surface area contributed by atoms with Crippen molar-refractivity contribution in [1.82, 2.24) is 0 Å². The summed E-state index contributed by atoms with van der Waals surface area (Å²) in [6.07, 6.45) is 17.8. The summed E-state index contributed by atoms with van der Waals surface area (Å²) < 4.78 is 11.7. The Kier molecular flexibility index (Phi) is 9.08. The first-order valence-electron chi connectivity index (χ1n) is 16.8. The van der Waals surface area contributed by atoms with E-state index in [1.54, 1.807) is 5.57 Å². The molecular formula is C37H56O3. The number of benzene rings is 1. The van der Waals surface area contributed by atoms with Crippen LogP contribution in [0.25, 0.3) is 0 Å². The molecule has 4 aliphatic carbocycles. The molecule has 0 bridgehead atoms. The highest BCUT2D eigenvalue weighted by atomic mass is 16.5. The highest BCUT2D eigenvalue weighted by Crippen LogP contribution is 2.67. The molecule has 3 heteroatoms. The maximum Gasteiger partial charge on any atom is 0.338 e. The molecule has 0 N–H and O–H groups in total. The average molecular weight is 549 g/mol. The summed E-state index contributed by atoms with van der Waals surface area (Å²) in [6.45, 7) is 15.3. The Morgan fingerprint density at radius 3 is 2.48 bits per heavy atom. The predicted molar refractivity (Wildman–Crippen MR) is 164 cm³/mol. The maximum absolute atomic E-state index is 13.0. The molecule has 0 amide bonds.